The highest BCUT2D eigenvalue weighted by atomic mass is 32.1. The molecule has 2 N–H and O–H groups in total. The maximum atomic E-state index is 12.7. The highest BCUT2D eigenvalue weighted by Crippen LogP contribution is 2.27. The molecule has 2 heterocycles. The van der Waals surface area contributed by atoms with Crippen molar-refractivity contribution in [3.05, 3.63) is 38.4 Å². The Balaban J connectivity index is 2.51. The number of thiophene rings is 1. The maximum absolute atomic E-state index is 12.7. The van der Waals surface area contributed by atoms with Crippen molar-refractivity contribution in [3.8, 4) is 6.07 Å². The summed E-state index contributed by atoms with van der Waals surface area (Å²) in [5.74, 6) is -1.09. The molecule has 8 nitrogen and oxygen atoms in total. The molecule has 0 unspecified atom stereocenters. The van der Waals surface area contributed by atoms with E-state index in [9.17, 15) is 14.4 Å². The van der Waals surface area contributed by atoms with E-state index >= 15 is 0 Å². The van der Waals surface area contributed by atoms with Crippen molar-refractivity contribution in [2.75, 3.05) is 6.61 Å². The second-order valence-corrected chi connectivity index (χ2v) is 6.23. The Labute approximate surface area is 147 Å². The van der Waals surface area contributed by atoms with Crippen molar-refractivity contribution >= 4 is 33.3 Å². The topological polar surface area (TPSA) is 128 Å². The monoisotopic (exact) mass is 360 g/mol. The summed E-state index contributed by atoms with van der Waals surface area (Å²) in [7, 11) is 0. The molecule has 2 aromatic rings. The number of hydrogen-bond donors (Lipinski definition) is 1. The fourth-order valence-corrected chi connectivity index (χ4v) is 3.30. The van der Waals surface area contributed by atoms with Gasteiger partial charge in [-0.15, -0.1) is 11.3 Å². The maximum Gasteiger partial charge on any atom is 0.348 e. The van der Waals surface area contributed by atoms with E-state index in [2.05, 4.69) is 4.98 Å². The summed E-state index contributed by atoms with van der Waals surface area (Å²) < 4.78 is 6.07. The van der Waals surface area contributed by atoms with Gasteiger partial charge in [-0.3, -0.25) is 14.2 Å². The van der Waals surface area contributed by atoms with Crippen molar-refractivity contribution < 1.29 is 14.3 Å². The van der Waals surface area contributed by atoms with Gasteiger partial charge < -0.3 is 10.5 Å². The predicted octanol–water partition coefficient (Wildman–Crippen LogP) is 1.27. The van der Waals surface area contributed by atoms with Gasteiger partial charge in [0, 0.05) is 5.70 Å². The molecule has 0 amide bonds. The van der Waals surface area contributed by atoms with Gasteiger partial charge in [-0.1, -0.05) is 0 Å². The SMILES string of the molecule is CCOC(=O)c1sc2ncn(CC(=O)C(C#N)=C(C)N)c(=O)c2c1C. The molecular weight excluding hydrogens is 344 g/mol. The third kappa shape index (κ3) is 3.44. The molecular formula is C16H16N4O4S. The first-order valence-electron chi connectivity index (χ1n) is 7.37. The minimum Gasteiger partial charge on any atom is -0.462 e. The van der Waals surface area contributed by atoms with Gasteiger partial charge in [0.1, 0.15) is 21.3 Å². The van der Waals surface area contributed by atoms with E-state index in [0.29, 0.717) is 15.3 Å². The standard InChI is InChI=1S/C16H16N4O4S/c1-4-24-16(23)13-8(2)12-14(25-13)19-7-20(15(12)22)6-11(21)10(5-17)9(3)18/h7H,4,6,18H2,1-3H3. The molecule has 0 bridgehead atoms. The summed E-state index contributed by atoms with van der Waals surface area (Å²) in [5.41, 5.74) is 5.40. The van der Waals surface area contributed by atoms with Crippen LogP contribution in [-0.4, -0.2) is 27.9 Å². The summed E-state index contributed by atoms with van der Waals surface area (Å²) in [6, 6.07) is 1.73. The van der Waals surface area contributed by atoms with E-state index < -0.39 is 17.3 Å². The first kappa shape index (κ1) is 18.4. The number of nitrogens with two attached hydrogens (primary N) is 1. The molecule has 0 aromatic carbocycles. The van der Waals surface area contributed by atoms with Crippen LogP contribution < -0.4 is 11.3 Å². The highest BCUT2D eigenvalue weighted by Gasteiger charge is 2.21. The van der Waals surface area contributed by atoms with E-state index in [0.717, 1.165) is 15.9 Å². The van der Waals surface area contributed by atoms with Crippen molar-refractivity contribution in [2.45, 2.75) is 27.3 Å². The van der Waals surface area contributed by atoms with Crippen LogP contribution in [0.4, 0.5) is 0 Å². The zero-order chi connectivity index (χ0) is 18.7. The average Bonchev–Trinajstić information content (AvgIpc) is 2.88. The number of nitrogens with zero attached hydrogens (tertiary/aromatic N) is 3. The summed E-state index contributed by atoms with van der Waals surface area (Å²) >= 11 is 1.06. The molecule has 0 aliphatic rings. The van der Waals surface area contributed by atoms with E-state index in [-0.39, 0.29) is 29.8 Å². The fourth-order valence-electron chi connectivity index (χ4n) is 2.27. The van der Waals surface area contributed by atoms with Crippen LogP contribution in [0.3, 0.4) is 0 Å². The summed E-state index contributed by atoms with van der Waals surface area (Å²) in [4.78, 5) is 41.6. The van der Waals surface area contributed by atoms with Gasteiger partial charge in [-0.05, 0) is 26.3 Å². The lowest BCUT2D eigenvalue weighted by molar-refractivity contribution is -0.115. The Bertz CT molecular complexity index is 990. The lowest BCUT2D eigenvalue weighted by Gasteiger charge is -2.05. The smallest absolute Gasteiger partial charge is 0.348 e. The predicted molar refractivity (Wildman–Crippen MR) is 92.1 cm³/mol. The third-order valence-corrected chi connectivity index (χ3v) is 4.66. The van der Waals surface area contributed by atoms with Crippen LogP contribution in [0.25, 0.3) is 10.2 Å². The van der Waals surface area contributed by atoms with Gasteiger partial charge in [0.2, 0.25) is 0 Å². The first-order valence-corrected chi connectivity index (χ1v) is 8.18. The van der Waals surface area contributed by atoms with Crippen LogP contribution in [-0.2, 0) is 16.1 Å². The van der Waals surface area contributed by atoms with Crippen molar-refractivity contribution in [1.29, 1.82) is 5.26 Å². The van der Waals surface area contributed by atoms with E-state index in [4.69, 9.17) is 15.7 Å². The van der Waals surface area contributed by atoms with Crippen molar-refractivity contribution in [1.82, 2.24) is 9.55 Å². The van der Waals surface area contributed by atoms with Gasteiger partial charge in [0.15, 0.2) is 5.78 Å². The molecule has 0 radical (unpaired) electrons. The number of carbonyl (C=O) groups is 2. The van der Waals surface area contributed by atoms with Gasteiger partial charge in [-0.2, -0.15) is 5.26 Å². The number of rotatable bonds is 5. The number of ketones is 1. The Hall–Kier alpha value is -2.99. The average molecular weight is 360 g/mol. The largest absolute Gasteiger partial charge is 0.462 e. The Morgan fingerprint density at radius 2 is 2.16 bits per heavy atom. The number of ether oxygens (including phenoxy) is 1. The number of fused-ring (bicyclic) bond motifs is 1. The minimum atomic E-state index is -0.579. The van der Waals surface area contributed by atoms with Gasteiger partial charge in [-0.25, -0.2) is 9.78 Å². The number of aryl methyl sites for hydroxylation is 1. The number of hydrogen-bond acceptors (Lipinski definition) is 8. The van der Waals surface area contributed by atoms with Crippen molar-refractivity contribution in [2.24, 2.45) is 5.73 Å². The van der Waals surface area contributed by atoms with Crippen LogP contribution >= 0.6 is 11.3 Å². The van der Waals surface area contributed by atoms with Crippen molar-refractivity contribution in [3.63, 3.8) is 0 Å². The number of aromatic nitrogens is 2. The molecule has 25 heavy (non-hydrogen) atoms. The Morgan fingerprint density at radius 3 is 2.72 bits per heavy atom. The minimum absolute atomic E-state index is 0.0888. The van der Waals surface area contributed by atoms with Crippen LogP contribution in [0, 0.1) is 18.3 Å². The van der Waals surface area contributed by atoms with Gasteiger partial charge in [0.25, 0.3) is 5.56 Å². The zero-order valence-corrected chi connectivity index (χ0v) is 14.8. The molecule has 2 rings (SSSR count). The van der Waals surface area contributed by atoms with Crippen LogP contribution in [0.2, 0.25) is 0 Å². The van der Waals surface area contributed by atoms with E-state index in [1.165, 1.54) is 13.3 Å². The third-order valence-electron chi connectivity index (χ3n) is 3.48. The Morgan fingerprint density at radius 1 is 1.48 bits per heavy atom. The van der Waals surface area contributed by atoms with Gasteiger partial charge in [0.05, 0.1) is 24.9 Å². The van der Waals surface area contributed by atoms with E-state index in [1.54, 1.807) is 19.9 Å². The molecule has 0 saturated heterocycles. The lowest BCUT2D eigenvalue weighted by Crippen LogP contribution is -2.26. The lowest BCUT2D eigenvalue weighted by atomic mass is 10.1. The quantitative estimate of drug-likeness (QED) is 0.483. The fraction of sp³-hybridized carbons (Fsp3) is 0.312. The highest BCUT2D eigenvalue weighted by molar-refractivity contribution is 7.20. The number of carbonyl (C=O) groups excluding carboxylic acids is 2. The van der Waals surface area contributed by atoms with Crippen LogP contribution in [0.1, 0.15) is 29.1 Å². The Kier molecular flexibility index (Phi) is 5.34. The van der Waals surface area contributed by atoms with Crippen LogP contribution in [0.5, 0.6) is 0 Å². The normalized spacial score (nSPS) is 11.8. The number of Topliss-reactive ketones (excluding diaryl/α,β-unsaturated/α-hetero) is 1. The number of esters is 1. The number of allylic oxidation sites excluding steroid dienone is 2. The zero-order valence-electron chi connectivity index (χ0n) is 14.0. The first-order chi connectivity index (χ1) is 11.8. The van der Waals surface area contributed by atoms with Crippen LogP contribution in [0.15, 0.2) is 22.4 Å². The second-order valence-electron chi connectivity index (χ2n) is 5.23. The molecule has 0 saturated carbocycles. The number of nitriles is 1. The van der Waals surface area contributed by atoms with Gasteiger partial charge >= 0.3 is 5.97 Å². The summed E-state index contributed by atoms with van der Waals surface area (Å²) in [5, 5.41) is 9.24. The molecule has 0 spiro atoms. The van der Waals surface area contributed by atoms with E-state index in [1.807, 2.05) is 0 Å². The molecule has 0 atom stereocenters. The molecule has 0 aliphatic carbocycles. The summed E-state index contributed by atoms with van der Waals surface area (Å²) in [6.07, 6.45) is 1.22. The summed E-state index contributed by atoms with van der Waals surface area (Å²) in [6.45, 7) is 4.63. The molecule has 0 fully saturated rings. The molecule has 2 aromatic heterocycles. The molecule has 0 aliphatic heterocycles. The molecule has 9 heteroatoms. The molecule has 130 valence electrons. The second kappa shape index (κ2) is 7.27.